The van der Waals surface area contributed by atoms with E-state index in [1.807, 2.05) is 20.8 Å². The Morgan fingerprint density at radius 1 is 0.923 bits per heavy atom. The van der Waals surface area contributed by atoms with Crippen LogP contribution in [0.4, 0.5) is 0 Å². The first-order valence-electron chi connectivity index (χ1n) is 16.7. The number of phosphoric acid groups is 1. The third-order valence-electron chi connectivity index (χ3n) is 8.21. The number of ether oxygens (including phenoxy) is 4. The fraction of sp³-hybridized carbons (Fsp3) is 0.719. The molecule has 2 fully saturated rings. The average molecular weight is 768 g/mol. The van der Waals surface area contributed by atoms with E-state index in [1.165, 1.54) is 11.1 Å². The molecule has 2 saturated heterocycles. The van der Waals surface area contributed by atoms with Gasteiger partial charge in [-0.2, -0.15) is 0 Å². The Labute approximate surface area is 302 Å². The predicted octanol–water partition coefficient (Wildman–Crippen LogP) is -0.764. The van der Waals surface area contributed by atoms with Crippen molar-refractivity contribution in [1.29, 1.82) is 0 Å². The summed E-state index contributed by atoms with van der Waals surface area (Å²) in [6, 6.07) is -2.66. The number of aliphatic hydroxyl groups excluding tert-OH is 4. The Kier molecular flexibility index (Phi) is 18.7. The van der Waals surface area contributed by atoms with Gasteiger partial charge in [-0.05, 0) is 53.4 Å². The van der Waals surface area contributed by atoms with Crippen LogP contribution in [0.5, 0.6) is 0 Å². The number of carboxylic acid groups (broad SMARTS) is 1. The van der Waals surface area contributed by atoms with Gasteiger partial charge in [-0.3, -0.25) is 18.6 Å². The minimum absolute atomic E-state index is 0.166. The van der Waals surface area contributed by atoms with Gasteiger partial charge >= 0.3 is 13.8 Å². The van der Waals surface area contributed by atoms with E-state index >= 15 is 0 Å². The first kappa shape index (κ1) is 45.5. The summed E-state index contributed by atoms with van der Waals surface area (Å²) in [7, 11) is -5.35. The molecule has 0 aromatic rings. The van der Waals surface area contributed by atoms with Gasteiger partial charge in [0.2, 0.25) is 11.8 Å². The number of amides is 2. The highest BCUT2D eigenvalue weighted by Gasteiger charge is 2.53. The average Bonchev–Trinajstić information content (AvgIpc) is 3.04. The summed E-state index contributed by atoms with van der Waals surface area (Å²) in [4.78, 5) is 46.2. The lowest BCUT2D eigenvalue weighted by Gasteiger charge is -2.47. The van der Waals surface area contributed by atoms with Crippen molar-refractivity contribution in [3.63, 3.8) is 0 Å². The van der Waals surface area contributed by atoms with Crippen molar-refractivity contribution in [2.45, 2.75) is 128 Å². The van der Waals surface area contributed by atoms with Crippen molar-refractivity contribution < 1.29 is 77.4 Å². The number of rotatable bonds is 20. The summed E-state index contributed by atoms with van der Waals surface area (Å²) in [6.45, 7) is 7.17. The van der Waals surface area contributed by atoms with Gasteiger partial charge in [0, 0.05) is 6.92 Å². The van der Waals surface area contributed by atoms with Crippen LogP contribution in [-0.2, 0) is 46.9 Å². The molecule has 0 saturated carbocycles. The van der Waals surface area contributed by atoms with Gasteiger partial charge in [0.15, 0.2) is 24.8 Å². The quantitative estimate of drug-likeness (QED) is 0.0543. The molecule has 0 aliphatic carbocycles. The number of carbonyl (C=O) groups is 3. The van der Waals surface area contributed by atoms with Crippen LogP contribution in [0.25, 0.3) is 0 Å². The molecule has 2 aliphatic heterocycles. The molecule has 2 amide bonds. The van der Waals surface area contributed by atoms with Gasteiger partial charge in [0.1, 0.15) is 24.4 Å². The molecule has 0 aromatic carbocycles. The van der Waals surface area contributed by atoms with Crippen LogP contribution < -0.4 is 16.8 Å². The second kappa shape index (κ2) is 21.3. The van der Waals surface area contributed by atoms with E-state index in [0.717, 1.165) is 31.8 Å². The molecule has 0 bridgehead atoms. The van der Waals surface area contributed by atoms with Crippen molar-refractivity contribution in [3.8, 4) is 0 Å². The Morgan fingerprint density at radius 3 is 2.10 bits per heavy atom. The van der Waals surface area contributed by atoms with Crippen LogP contribution in [0.15, 0.2) is 34.9 Å². The normalized spacial score (nSPS) is 31.7. The zero-order chi connectivity index (χ0) is 39.3. The van der Waals surface area contributed by atoms with Crippen LogP contribution >= 0.6 is 7.82 Å². The first-order chi connectivity index (χ1) is 24.3. The zero-order valence-corrected chi connectivity index (χ0v) is 30.8. The lowest BCUT2D eigenvalue weighted by molar-refractivity contribution is -0.332. The van der Waals surface area contributed by atoms with Crippen molar-refractivity contribution in [2.24, 2.45) is 11.5 Å². The molecular weight excluding hydrogens is 713 g/mol. The van der Waals surface area contributed by atoms with E-state index in [4.69, 9.17) is 39.5 Å². The molecule has 0 radical (unpaired) electrons. The third kappa shape index (κ3) is 14.3. The second-order valence-corrected chi connectivity index (χ2v) is 14.3. The molecular formula is C32H54N3O16P. The minimum atomic E-state index is -5.35. The molecule has 0 spiro atoms. The van der Waals surface area contributed by atoms with E-state index in [9.17, 15) is 49.4 Å². The SMILES string of the molecule is CC(=O)NC1[C@H](O[C@H]2C(OP(=O)(O)OC[C@@H](OC/C=C(/C)CC/C=C(\C)CCC=C(C)C)C(=O)O)OC(C(N)=O)C(O)[C@@H]2O)OC(CO)[C@H](O)[C@@H]1N. The van der Waals surface area contributed by atoms with E-state index in [1.54, 1.807) is 6.08 Å². The van der Waals surface area contributed by atoms with Crippen LogP contribution in [0, 0.1) is 0 Å². The van der Waals surface area contributed by atoms with Gasteiger partial charge in [0.25, 0.3) is 0 Å². The summed E-state index contributed by atoms with van der Waals surface area (Å²) in [5, 5.41) is 53.5. The molecule has 52 heavy (non-hydrogen) atoms. The number of phosphoric ester groups is 1. The van der Waals surface area contributed by atoms with Gasteiger partial charge in [0.05, 0.1) is 38.0 Å². The number of carboxylic acids is 1. The number of carbonyl (C=O) groups excluding carboxylic acids is 2. The molecule has 11 N–H and O–H groups in total. The molecule has 0 aromatic heterocycles. The number of allylic oxidation sites excluding steroid dienone is 5. The summed E-state index contributed by atoms with van der Waals surface area (Å²) >= 11 is 0. The van der Waals surface area contributed by atoms with Crippen molar-refractivity contribution in [2.75, 3.05) is 19.8 Å². The topological polar surface area (TPSA) is 309 Å². The molecule has 2 aliphatic rings. The number of aliphatic hydroxyl groups is 4. The minimum Gasteiger partial charge on any atom is -0.479 e. The molecule has 20 heteroatoms. The molecule has 2 heterocycles. The number of hydrogen-bond donors (Lipinski definition) is 9. The number of nitrogens with one attached hydrogen (secondary N) is 1. The van der Waals surface area contributed by atoms with Gasteiger partial charge < -0.3 is 66.2 Å². The lowest BCUT2D eigenvalue weighted by atomic mass is 9.94. The summed E-state index contributed by atoms with van der Waals surface area (Å²) in [6.07, 6.45) is -7.43. The van der Waals surface area contributed by atoms with Crippen molar-refractivity contribution in [1.82, 2.24) is 5.32 Å². The van der Waals surface area contributed by atoms with Crippen LogP contribution in [-0.4, -0.2) is 135 Å². The molecule has 12 atom stereocenters. The highest BCUT2D eigenvalue weighted by atomic mass is 31.2. The standard InChI is InChI=1S/C32H54N3O16P/c1-16(2)8-6-9-17(3)10-7-11-18(4)12-13-46-21(30(42)43)15-47-52(44,45)51-32-28(26(40)25(39)27(49-32)29(34)41)50-31-23(35-19(5)37)22(33)24(38)20(14-36)48-31/h8,10,12,20-28,31-32,36,38-40H,6-7,9,11,13-15,33H2,1-5H3,(H2,34,41)(H,35,37)(H,42,43)(H,44,45)/b17-10+,18-12-/t20?,21-,22-,23?,24+,25?,26+,27?,28-,31+,32?/m1/s1. The highest BCUT2D eigenvalue weighted by molar-refractivity contribution is 7.47. The number of hydrogen-bond acceptors (Lipinski definition) is 15. The monoisotopic (exact) mass is 767 g/mol. The maximum atomic E-state index is 13.0. The Morgan fingerprint density at radius 2 is 1.54 bits per heavy atom. The zero-order valence-electron chi connectivity index (χ0n) is 29.9. The molecule has 2 rings (SSSR count). The molecule has 19 nitrogen and oxygen atoms in total. The summed E-state index contributed by atoms with van der Waals surface area (Å²) in [5.41, 5.74) is 14.7. The predicted molar refractivity (Wildman–Crippen MR) is 182 cm³/mol. The van der Waals surface area contributed by atoms with Gasteiger partial charge in [-0.1, -0.05) is 34.9 Å². The van der Waals surface area contributed by atoms with E-state index < -0.39 is 106 Å². The number of primary amides is 1. The summed E-state index contributed by atoms with van der Waals surface area (Å²) in [5.74, 6) is -3.49. The summed E-state index contributed by atoms with van der Waals surface area (Å²) < 4.78 is 44.8. The van der Waals surface area contributed by atoms with Gasteiger partial charge in [-0.25, -0.2) is 9.36 Å². The third-order valence-corrected chi connectivity index (χ3v) is 9.16. The fourth-order valence-electron chi connectivity index (χ4n) is 5.26. The number of aliphatic carboxylic acids is 1. The van der Waals surface area contributed by atoms with E-state index in [-0.39, 0.29) is 6.61 Å². The molecule has 6 unspecified atom stereocenters. The van der Waals surface area contributed by atoms with E-state index in [0.29, 0.717) is 6.42 Å². The maximum absolute atomic E-state index is 13.0. The van der Waals surface area contributed by atoms with Crippen molar-refractivity contribution >= 4 is 25.6 Å². The smallest absolute Gasteiger partial charge is 0.474 e. The van der Waals surface area contributed by atoms with Gasteiger partial charge in [-0.15, -0.1) is 0 Å². The Hall–Kier alpha value is -2.62. The Balaban J connectivity index is 2.13. The van der Waals surface area contributed by atoms with Crippen LogP contribution in [0.3, 0.4) is 0 Å². The lowest BCUT2D eigenvalue weighted by Crippen LogP contribution is -2.70. The van der Waals surface area contributed by atoms with Crippen LogP contribution in [0.2, 0.25) is 0 Å². The number of nitrogens with two attached hydrogens (primary N) is 2. The maximum Gasteiger partial charge on any atom is 0.474 e. The first-order valence-corrected chi connectivity index (χ1v) is 18.2. The second-order valence-electron chi connectivity index (χ2n) is 12.9. The molecule has 298 valence electrons. The van der Waals surface area contributed by atoms with E-state index in [2.05, 4.69) is 24.4 Å². The largest absolute Gasteiger partial charge is 0.479 e. The Bertz CT molecular complexity index is 1340. The van der Waals surface area contributed by atoms with Crippen molar-refractivity contribution in [3.05, 3.63) is 34.9 Å². The van der Waals surface area contributed by atoms with Crippen LogP contribution in [0.1, 0.15) is 60.3 Å². The fourth-order valence-corrected chi connectivity index (χ4v) is 6.08. The highest BCUT2D eigenvalue weighted by Crippen LogP contribution is 2.47.